The number of hydrogen-bond acceptors (Lipinski definition) is 4. The number of fused-ring (bicyclic) bond motifs is 2. The maximum Gasteiger partial charge on any atom is 0.277 e. The number of halogens is 1. The monoisotopic (exact) mass is 549 g/mol. The third kappa shape index (κ3) is 4.47. The molecule has 0 radical (unpaired) electrons. The molecule has 5 rings (SSSR count). The van der Waals surface area contributed by atoms with E-state index in [2.05, 4.69) is 42.0 Å². The van der Waals surface area contributed by atoms with Crippen molar-refractivity contribution in [2.45, 2.75) is 40.0 Å². The summed E-state index contributed by atoms with van der Waals surface area (Å²) in [7, 11) is 1.76. The molecule has 2 aromatic carbocycles. The molecule has 0 bridgehead atoms. The van der Waals surface area contributed by atoms with Crippen LogP contribution in [0.25, 0.3) is 0 Å². The van der Waals surface area contributed by atoms with Gasteiger partial charge in [-0.1, -0.05) is 54.9 Å². The van der Waals surface area contributed by atoms with Crippen molar-refractivity contribution in [2.24, 2.45) is 16.3 Å². The summed E-state index contributed by atoms with van der Waals surface area (Å²) in [6, 6.07) is 15.2. The van der Waals surface area contributed by atoms with Crippen LogP contribution in [0.2, 0.25) is 0 Å². The lowest BCUT2D eigenvalue weighted by atomic mass is 9.72. The van der Waals surface area contributed by atoms with Crippen LogP contribution in [0.3, 0.4) is 0 Å². The molecular formula is C28H28BrN3O2S. The number of aliphatic imine (C=N–C) groups is 1. The zero-order chi connectivity index (χ0) is 24.9. The van der Waals surface area contributed by atoms with E-state index in [1.165, 1.54) is 4.88 Å². The van der Waals surface area contributed by atoms with Gasteiger partial charge in [-0.25, -0.2) is 4.99 Å². The molecule has 3 aromatic rings. The number of carbonyl (C=O) groups excluding carboxylic acids is 2. The number of amides is 2. The van der Waals surface area contributed by atoms with E-state index in [9.17, 15) is 9.59 Å². The van der Waals surface area contributed by atoms with Gasteiger partial charge in [0.1, 0.15) is 10.7 Å². The SMILES string of the molecule is CN1C(=O)C(=Nc2sc3c(c2C(=O)Nc2ccccc2)CC[C@H](C(C)(C)C)C3)c2cc(Br)ccc21. The standard InChI is InChI=1S/C28H28BrN3O2S/c1-28(2,3)16-10-12-19-22(14-16)35-26(23(19)25(33)30-18-8-6-5-7-9-18)31-24-20-15-17(29)11-13-21(20)32(4)27(24)34/h5-9,11,13,15-16H,10,12,14H2,1-4H3,(H,30,33)/t16-/m0/s1. The molecule has 1 aromatic heterocycles. The van der Waals surface area contributed by atoms with Crippen molar-refractivity contribution in [1.29, 1.82) is 0 Å². The molecule has 2 amide bonds. The van der Waals surface area contributed by atoms with Gasteiger partial charge in [-0.2, -0.15) is 0 Å². The van der Waals surface area contributed by atoms with Gasteiger partial charge in [-0.05, 0) is 66.5 Å². The Kier molecular flexibility index (Phi) is 6.18. The molecule has 1 aliphatic heterocycles. The first-order chi connectivity index (χ1) is 16.6. The molecule has 0 saturated heterocycles. The molecular weight excluding hydrogens is 522 g/mol. The summed E-state index contributed by atoms with van der Waals surface area (Å²) in [5, 5.41) is 3.66. The number of nitrogens with zero attached hydrogens (tertiary/aromatic N) is 2. The molecule has 7 heteroatoms. The molecule has 5 nitrogen and oxygen atoms in total. The van der Waals surface area contributed by atoms with E-state index in [0.29, 0.717) is 22.2 Å². The van der Waals surface area contributed by atoms with Crippen LogP contribution < -0.4 is 10.2 Å². The summed E-state index contributed by atoms with van der Waals surface area (Å²) in [6.07, 6.45) is 2.80. The van der Waals surface area contributed by atoms with Crippen molar-refractivity contribution < 1.29 is 9.59 Å². The zero-order valence-electron chi connectivity index (χ0n) is 20.3. The van der Waals surface area contributed by atoms with E-state index in [1.54, 1.807) is 23.3 Å². The van der Waals surface area contributed by atoms with Crippen LogP contribution in [0.5, 0.6) is 0 Å². The van der Waals surface area contributed by atoms with Gasteiger partial charge < -0.3 is 10.2 Å². The summed E-state index contributed by atoms with van der Waals surface area (Å²) in [6.45, 7) is 6.84. The normalized spacial score (nSPS) is 18.5. The van der Waals surface area contributed by atoms with Crippen molar-refractivity contribution >= 4 is 61.2 Å². The summed E-state index contributed by atoms with van der Waals surface area (Å²) < 4.78 is 0.882. The quantitative estimate of drug-likeness (QED) is 0.381. The van der Waals surface area contributed by atoms with Gasteiger partial charge in [0.15, 0.2) is 0 Å². The second-order valence-corrected chi connectivity index (χ2v) is 12.3. The number of carbonyl (C=O) groups is 2. The molecule has 0 saturated carbocycles. The van der Waals surface area contributed by atoms with E-state index < -0.39 is 0 Å². The zero-order valence-corrected chi connectivity index (χ0v) is 22.7. The highest BCUT2D eigenvalue weighted by Gasteiger charge is 2.36. The maximum atomic E-state index is 13.6. The van der Waals surface area contributed by atoms with Gasteiger partial charge in [-0.15, -0.1) is 11.3 Å². The van der Waals surface area contributed by atoms with Crippen LogP contribution in [-0.2, 0) is 17.6 Å². The van der Waals surface area contributed by atoms with Crippen LogP contribution in [0.4, 0.5) is 16.4 Å². The maximum absolute atomic E-state index is 13.6. The number of hydrogen-bond donors (Lipinski definition) is 1. The van der Waals surface area contributed by atoms with Gasteiger partial charge in [-0.3, -0.25) is 9.59 Å². The third-order valence-electron chi connectivity index (χ3n) is 7.03. The summed E-state index contributed by atoms with van der Waals surface area (Å²) >= 11 is 5.08. The number of thiophene rings is 1. The van der Waals surface area contributed by atoms with Gasteiger partial charge >= 0.3 is 0 Å². The second-order valence-electron chi connectivity index (χ2n) is 10.3. The molecule has 1 N–H and O–H groups in total. The third-order valence-corrected chi connectivity index (χ3v) is 8.67. The predicted molar refractivity (Wildman–Crippen MR) is 147 cm³/mol. The first-order valence-electron chi connectivity index (χ1n) is 11.8. The van der Waals surface area contributed by atoms with E-state index in [0.717, 1.165) is 46.2 Å². The molecule has 0 fully saturated rings. The lowest BCUT2D eigenvalue weighted by molar-refractivity contribution is -0.111. The van der Waals surface area contributed by atoms with Crippen molar-refractivity contribution in [2.75, 3.05) is 17.3 Å². The summed E-state index contributed by atoms with van der Waals surface area (Å²) in [5.74, 6) is 0.206. The van der Waals surface area contributed by atoms with E-state index in [1.807, 2.05) is 48.5 Å². The van der Waals surface area contributed by atoms with Crippen molar-refractivity contribution in [3.63, 3.8) is 0 Å². The minimum absolute atomic E-state index is 0.161. The van der Waals surface area contributed by atoms with Crippen LogP contribution in [-0.4, -0.2) is 24.6 Å². The molecule has 2 heterocycles. The number of benzene rings is 2. The highest BCUT2D eigenvalue weighted by Crippen LogP contribution is 2.46. The summed E-state index contributed by atoms with van der Waals surface area (Å²) in [4.78, 5) is 34.5. The Morgan fingerprint density at radius 1 is 1.17 bits per heavy atom. The van der Waals surface area contributed by atoms with Gasteiger partial charge in [0, 0.05) is 27.6 Å². The number of nitrogens with one attached hydrogen (secondary N) is 1. The van der Waals surface area contributed by atoms with E-state index in [-0.39, 0.29) is 17.2 Å². The Morgan fingerprint density at radius 2 is 1.91 bits per heavy atom. The van der Waals surface area contributed by atoms with Crippen molar-refractivity contribution in [3.8, 4) is 0 Å². The average Bonchev–Trinajstić information content (AvgIpc) is 3.29. The summed E-state index contributed by atoms with van der Waals surface area (Å²) in [5.41, 5.74) is 4.59. The fourth-order valence-electron chi connectivity index (χ4n) is 4.92. The largest absolute Gasteiger partial charge is 0.322 e. The number of para-hydroxylation sites is 1. The lowest BCUT2D eigenvalue weighted by Crippen LogP contribution is -2.27. The van der Waals surface area contributed by atoms with E-state index >= 15 is 0 Å². The Morgan fingerprint density at radius 3 is 2.63 bits per heavy atom. The van der Waals surface area contributed by atoms with Crippen LogP contribution in [0, 0.1) is 11.3 Å². The molecule has 1 aliphatic carbocycles. The van der Waals surface area contributed by atoms with Gasteiger partial charge in [0.25, 0.3) is 11.8 Å². The smallest absolute Gasteiger partial charge is 0.277 e. The highest BCUT2D eigenvalue weighted by molar-refractivity contribution is 9.10. The lowest BCUT2D eigenvalue weighted by Gasteiger charge is -2.33. The minimum Gasteiger partial charge on any atom is -0.322 e. The Labute approximate surface area is 218 Å². The van der Waals surface area contributed by atoms with Crippen molar-refractivity contribution in [1.82, 2.24) is 0 Å². The molecule has 0 unspecified atom stereocenters. The Balaban J connectivity index is 1.62. The van der Waals surface area contributed by atoms with Gasteiger partial charge in [0.2, 0.25) is 0 Å². The number of anilines is 2. The van der Waals surface area contributed by atoms with Crippen LogP contribution >= 0.6 is 27.3 Å². The molecule has 2 aliphatic rings. The van der Waals surface area contributed by atoms with E-state index in [4.69, 9.17) is 4.99 Å². The Bertz CT molecular complexity index is 1350. The fourth-order valence-corrected chi connectivity index (χ4v) is 6.58. The molecule has 0 spiro atoms. The highest BCUT2D eigenvalue weighted by atomic mass is 79.9. The average molecular weight is 551 g/mol. The van der Waals surface area contributed by atoms with Crippen LogP contribution in [0.1, 0.15) is 53.6 Å². The molecule has 1 atom stereocenters. The second kappa shape index (κ2) is 9.03. The fraction of sp³-hybridized carbons (Fsp3) is 0.321. The van der Waals surface area contributed by atoms with Crippen molar-refractivity contribution in [3.05, 3.63) is 74.6 Å². The van der Waals surface area contributed by atoms with Gasteiger partial charge in [0.05, 0.1) is 11.3 Å². The van der Waals surface area contributed by atoms with Crippen LogP contribution in [0.15, 0.2) is 58.0 Å². The molecule has 35 heavy (non-hydrogen) atoms. The Hall–Kier alpha value is -2.77. The first kappa shape index (κ1) is 23.9. The number of likely N-dealkylation sites (N-methyl/N-ethyl adjacent to an activating group) is 1. The predicted octanol–water partition coefficient (Wildman–Crippen LogP) is 7.01. The minimum atomic E-state index is -0.171. The topological polar surface area (TPSA) is 61.8 Å². The molecule has 180 valence electrons. The first-order valence-corrected chi connectivity index (χ1v) is 13.4. The number of rotatable bonds is 3.